The number of rotatable bonds is 5. The number of hydrogen-bond donors (Lipinski definition) is 2. The van der Waals surface area contributed by atoms with Crippen LogP contribution in [0.4, 0.5) is 5.82 Å². The number of methoxy groups -OCH3 is 1. The van der Waals surface area contributed by atoms with Gasteiger partial charge in [-0.05, 0) is 44.1 Å². The van der Waals surface area contributed by atoms with Crippen molar-refractivity contribution in [3.8, 4) is 11.6 Å². The lowest BCUT2D eigenvalue weighted by Gasteiger charge is -2.20. The zero-order valence-corrected chi connectivity index (χ0v) is 17.0. The van der Waals surface area contributed by atoms with Gasteiger partial charge in [0.1, 0.15) is 17.1 Å². The largest absolute Gasteiger partial charge is 0.495 e. The van der Waals surface area contributed by atoms with Gasteiger partial charge >= 0.3 is 0 Å². The first-order valence-electron chi connectivity index (χ1n) is 10.1. The van der Waals surface area contributed by atoms with Gasteiger partial charge < -0.3 is 15.4 Å². The van der Waals surface area contributed by atoms with Crippen molar-refractivity contribution in [3.63, 3.8) is 0 Å². The Morgan fingerprint density at radius 3 is 2.87 bits per heavy atom. The summed E-state index contributed by atoms with van der Waals surface area (Å²) in [5.74, 6) is 1.81. The number of aromatic nitrogens is 6. The standard InChI is InChI=1S/C21H22N8O2/c1-31-15-3-4-18(24-12-15)29-19(11-17(27-29)14-5-8-22-9-6-14)26-21(30)16-13-25-28-10-2-7-23-20(16)28/h2-4,7,10-14,22H,5-6,8-9H2,1H3,(H,26,30). The number of hydrogen-bond acceptors (Lipinski definition) is 7. The Morgan fingerprint density at radius 2 is 2.10 bits per heavy atom. The Kier molecular flexibility index (Phi) is 5.04. The molecule has 0 spiro atoms. The second-order valence-corrected chi connectivity index (χ2v) is 7.35. The number of ether oxygens (including phenoxy) is 1. The molecular formula is C21H22N8O2. The third kappa shape index (κ3) is 3.73. The summed E-state index contributed by atoms with van der Waals surface area (Å²) in [6, 6.07) is 7.32. The van der Waals surface area contributed by atoms with Crippen molar-refractivity contribution in [1.82, 2.24) is 34.7 Å². The predicted molar refractivity (Wildman–Crippen MR) is 114 cm³/mol. The van der Waals surface area contributed by atoms with Crippen molar-refractivity contribution in [3.05, 3.63) is 60.3 Å². The van der Waals surface area contributed by atoms with Crippen LogP contribution in [0.5, 0.6) is 5.75 Å². The lowest BCUT2D eigenvalue weighted by Crippen LogP contribution is -2.26. The monoisotopic (exact) mass is 418 g/mol. The van der Waals surface area contributed by atoms with Crippen molar-refractivity contribution in [2.24, 2.45) is 0 Å². The van der Waals surface area contributed by atoms with Crippen LogP contribution in [0.15, 0.2) is 49.1 Å². The smallest absolute Gasteiger partial charge is 0.262 e. The number of carbonyl (C=O) groups excluding carboxylic acids is 1. The fourth-order valence-corrected chi connectivity index (χ4v) is 3.77. The van der Waals surface area contributed by atoms with Crippen molar-refractivity contribution >= 4 is 17.4 Å². The number of carbonyl (C=O) groups is 1. The number of amides is 1. The van der Waals surface area contributed by atoms with Gasteiger partial charge in [-0.1, -0.05) is 0 Å². The van der Waals surface area contributed by atoms with Gasteiger partial charge in [0.25, 0.3) is 5.91 Å². The predicted octanol–water partition coefficient (Wildman–Crippen LogP) is 2.04. The van der Waals surface area contributed by atoms with Crippen molar-refractivity contribution < 1.29 is 9.53 Å². The molecule has 0 bridgehead atoms. The maximum Gasteiger partial charge on any atom is 0.262 e. The lowest BCUT2D eigenvalue weighted by atomic mass is 9.95. The highest BCUT2D eigenvalue weighted by Gasteiger charge is 2.23. The number of nitrogens with zero attached hydrogens (tertiary/aromatic N) is 6. The third-order valence-electron chi connectivity index (χ3n) is 5.42. The minimum Gasteiger partial charge on any atom is -0.495 e. The Balaban J connectivity index is 1.50. The molecule has 0 radical (unpaired) electrons. The van der Waals surface area contributed by atoms with Gasteiger partial charge in [-0.15, -0.1) is 0 Å². The van der Waals surface area contributed by atoms with Gasteiger partial charge in [-0.3, -0.25) is 4.79 Å². The van der Waals surface area contributed by atoms with Crippen LogP contribution >= 0.6 is 0 Å². The molecule has 1 saturated heterocycles. The summed E-state index contributed by atoms with van der Waals surface area (Å²) in [7, 11) is 1.59. The summed E-state index contributed by atoms with van der Waals surface area (Å²) < 4.78 is 8.43. The Labute approximate surface area is 178 Å². The van der Waals surface area contributed by atoms with Crippen LogP contribution in [0.1, 0.15) is 34.8 Å². The van der Waals surface area contributed by atoms with Crippen LogP contribution in [0.3, 0.4) is 0 Å². The van der Waals surface area contributed by atoms with Crippen LogP contribution in [0.25, 0.3) is 11.5 Å². The molecule has 1 fully saturated rings. The number of piperidine rings is 1. The van der Waals surface area contributed by atoms with Gasteiger partial charge in [0.15, 0.2) is 11.5 Å². The zero-order valence-electron chi connectivity index (χ0n) is 17.0. The van der Waals surface area contributed by atoms with Crippen LogP contribution in [0, 0.1) is 0 Å². The molecule has 0 aromatic carbocycles. The van der Waals surface area contributed by atoms with Gasteiger partial charge in [0, 0.05) is 24.4 Å². The van der Waals surface area contributed by atoms with E-state index in [9.17, 15) is 4.79 Å². The SMILES string of the molecule is COc1ccc(-n2nc(C3CCNCC3)cc2NC(=O)c2cnn3cccnc23)nc1. The Morgan fingerprint density at radius 1 is 1.23 bits per heavy atom. The number of pyridine rings is 1. The number of fused-ring (bicyclic) bond motifs is 1. The van der Waals surface area contributed by atoms with E-state index in [4.69, 9.17) is 9.84 Å². The highest BCUT2D eigenvalue weighted by Crippen LogP contribution is 2.28. The summed E-state index contributed by atoms with van der Waals surface area (Å²) in [6.45, 7) is 1.90. The molecule has 1 aliphatic heterocycles. The number of nitrogens with one attached hydrogen (secondary N) is 2. The Hall–Kier alpha value is -3.79. The highest BCUT2D eigenvalue weighted by atomic mass is 16.5. The fraction of sp³-hybridized carbons (Fsp3) is 0.286. The molecule has 1 aliphatic rings. The van der Waals surface area contributed by atoms with Crippen molar-refractivity contribution in [1.29, 1.82) is 0 Å². The van der Waals surface area contributed by atoms with Gasteiger partial charge in [-0.2, -0.15) is 14.9 Å². The van der Waals surface area contributed by atoms with Crippen LogP contribution < -0.4 is 15.4 Å². The number of anilines is 1. The van der Waals surface area contributed by atoms with E-state index >= 15 is 0 Å². The van der Waals surface area contributed by atoms with Crippen molar-refractivity contribution in [2.45, 2.75) is 18.8 Å². The molecular weight excluding hydrogens is 396 g/mol. The van der Waals surface area contributed by atoms with E-state index in [0.717, 1.165) is 31.6 Å². The molecule has 1 amide bonds. The molecule has 4 aromatic rings. The lowest BCUT2D eigenvalue weighted by molar-refractivity contribution is 0.102. The fourth-order valence-electron chi connectivity index (χ4n) is 3.77. The summed E-state index contributed by atoms with van der Waals surface area (Å²) in [4.78, 5) is 21.8. The molecule has 0 aliphatic carbocycles. The zero-order chi connectivity index (χ0) is 21.2. The topological polar surface area (TPSA) is 111 Å². The maximum atomic E-state index is 13.1. The summed E-state index contributed by atoms with van der Waals surface area (Å²) in [6.07, 6.45) is 8.52. The first-order chi connectivity index (χ1) is 15.2. The van der Waals surface area contributed by atoms with Gasteiger partial charge in [-0.25, -0.2) is 14.5 Å². The molecule has 31 heavy (non-hydrogen) atoms. The molecule has 158 valence electrons. The van der Waals surface area contributed by atoms with E-state index < -0.39 is 0 Å². The quantitative estimate of drug-likeness (QED) is 0.510. The summed E-state index contributed by atoms with van der Waals surface area (Å²) in [5, 5.41) is 15.3. The van der Waals surface area contributed by atoms with E-state index in [2.05, 4.69) is 25.7 Å². The van der Waals surface area contributed by atoms with Crippen LogP contribution in [-0.4, -0.2) is 55.5 Å². The molecule has 2 N–H and O–H groups in total. The second-order valence-electron chi connectivity index (χ2n) is 7.35. The van der Waals surface area contributed by atoms with Gasteiger partial charge in [0.2, 0.25) is 0 Å². The average Bonchev–Trinajstić information content (AvgIpc) is 3.44. The highest BCUT2D eigenvalue weighted by molar-refractivity contribution is 6.07. The molecule has 10 heteroatoms. The second kappa shape index (κ2) is 8.15. The molecule has 0 saturated carbocycles. The third-order valence-corrected chi connectivity index (χ3v) is 5.42. The minimum atomic E-state index is -0.305. The molecule has 5 heterocycles. The normalized spacial score (nSPS) is 14.6. The first-order valence-corrected chi connectivity index (χ1v) is 10.1. The molecule has 10 nitrogen and oxygen atoms in total. The van der Waals surface area contributed by atoms with Crippen molar-refractivity contribution in [2.75, 3.05) is 25.5 Å². The van der Waals surface area contributed by atoms with Gasteiger partial charge in [0.05, 0.1) is 25.2 Å². The molecule has 5 rings (SSSR count). The molecule has 0 atom stereocenters. The molecule has 4 aromatic heterocycles. The van der Waals surface area contributed by atoms with E-state index in [1.54, 1.807) is 41.0 Å². The van der Waals surface area contributed by atoms with E-state index in [-0.39, 0.29) is 5.91 Å². The van der Waals surface area contributed by atoms with E-state index in [0.29, 0.717) is 34.5 Å². The first kappa shape index (κ1) is 19.2. The minimum absolute atomic E-state index is 0.305. The van der Waals surface area contributed by atoms with Crippen LogP contribution in [0.2, 0.25) is 0 Å². The Bertz CT molecular complexity index is 1210. The van der Waals surface area contributed by atoms with E-state index in [1.165, 1.54) is 6.20 Å². The van der Waals surface area contributed by atoms with E-state index in [1.807, 2.05) is 18.2 Å². The molecule has 0 unspecified atom stereocenters. The summed E-state index contributed by atoms with van der Waals surface area (Å²) in [5.41, 5.74) is 1.82. The maximum absolute atomic E-state index is 13.1. The summed E-state index contributed by atoms with van der Waals surface area (Å²) >= 11 is 0. The average molecular weight is 418 g/mol. The van der Waals surface area contributed by atoms with Crippen LogP contribution in [-0.2, 0) is 0 Å².